The van der Waals surface area contributed by atoms with Crippen molar-refractivity contribution in [3.05, 3.63) is 0 Å². The molecule has 0 saturated carbocycles. The molecule has 8 heteroatoms. The summed E-state index contributed by atoms with van der Waals surface area (Å²) >= 11 is 3.15. The van der Waals surface area contributed by atoms with Crippen LogP contribution in [-0.2, 0) is 23.7 Å². The van der Waals surface area contributed by atoms with Gasteiger partial charge in [-0.25, -0.2) is 9.59 Å². The fourth-order valence-electron chi connectivity index (χ4n) is 3.59. The van der Waals surface area contributed by atoms with E-state index in [0.29, 0.717) is 11.9 Å². The molecule has 0 aliphatic rings. The van der Waals surface area contributed by atoms with Gasteiger partial charge in [-0.15, -0.1) is 0 Å². The van der Waals surface area contributed by atoms with Crippen molar-refractivity contribution < 1.29 is 33.3 Å². The van der Waals surface area contributed by atoms with Gasteiger partial charge in [0.25, 0.3) is 0 Å². The lowest BCUT2D eigenvalue weighted by Crippen LogP contribution is -2.30. The Balaban J connectivity index is 3.55. The van der Waals surface area contributed by atoms with Crippen LogP contribution < -0.4 is 0 Å². The molecular formula is C26H49BrO7. The van der Waals surface area contributed by atoms with Crippen LogP contribution in [0.25, 0.3) is 0 Å². The highest BCUT2D eigenvalue weighted by atomic mass is 79.9. The molecule has 0 aromatic rings. The zero-order valence-corrected chi connectivity index (χ0v) is 23.2. The van der Waals surface area contributed by atoms with Crippen molar-refractivity contribution in [1.82, 2.24) is 0 Å². The quantitative estimate of drug-likeness (QED) is 0.0681. The van der Waals surface area contributed by atoms with Gasteiger partial charge in [0.15, 0.2) is 6.10 Å². The first-order chi connectivity index (χ1) is 16.6. The number of carbonyl (C=O) groups is 2. The first-order valence-corrected chi connectivity index (χ1v) is 14.4. The highest BCUT2D eigenvalue weighted by Crippen LogP contribution is 2.13. The average Bonchev–Trinajstić information content (AvgIpc) is 2.84. The summed E-state index contributed by atoms with van der Waals surface area (Å²) in [5.74, 6) is 0. The van der Waals surface area contributed by atoms with Crippen LogP contribution in [0.1, 0.15) is 110 Å². The van der Waals surface area contributed by atoms with Crippen molar-refractivity contribution in [2.45, 2.75) is 116 Å². The number of rotatable bonds is 24. The molecule has 0 unspecified atom stereocenters. The molecule has 0 aromatic carbocycles. The van der Waals surface area contributed by atoms with E-state index in [1.54, 1.807) is 0 Å². The van der Waals surface area contributed by atoms with E-state index in [-0.39, 0.29) is 19.8 Å². The zero-order valence-electron chi connectivity index (χ0n) is 21.7. The summed E-state index contributed by atoms with van der Waals surface area (Å²) < 4.78 is 24.9. The second-order valence-corrected chi connectivity index (χ2v) is 9.46. The fourth-order valence-corrected chi connectivity index (χ4v) is 3.75. The number of methoxy groups -OCH3 is 1. The minimum Gasteiger partial charge on any atom is -0.438 e. The second-order valence-electron chi connectivity index (χ2n) is 8.67. The van der Waals surface area contributed by atoms with Crippen LogP contribution >= 0.6 is 15.9 Å². The smallest absolute Gasteiger partial charge is 0.438 e. The van der Waals surface area contributed by atoms with Crippen molar-refractivity contribution in [2.75, 3.05) is 38.9 Å². The molecule has 0 N–H and O–H groups in total. The van der Waals surface area contributed by atoms with E-state index >= 15 is 0 Å². The number of halogens is 1. The largest absolute Gasteiger partial charge is 0.508 e. The predicted octanol–water partition coefficient (Wildman–Crippen LogP) is 7.96. The van der Waals surface area contributed by atoms with Gasteiger partial charge < -0.3 is 23.7 Å². The van der Waals surface area contributed by atoms with E-state index in [9.17, 15) is 9.59 Å². The molecule has 7 nitrogen and oxygen atoms in total. The maximum Gasteiger partial charge on any atom is 0.508 e. The molecule has 1 atom stereocenters. The molecule has 0 amide bonds. The molecule has 34 heavy (non-hydrogen) atoms. The Morgan fingerprint density at radius 1 is 0.647 bits per heavy atom. The summed E-state index contributed by atoms with van der Waals surface area (Å²) in [6.07, 6.45) is 18.8. The minimum absolute atomic E-state index is 0.138. The number of hydrogen-bond acceptors (Lipinski definition) is 7. The van der Waals surface area contributed by atoms with Crippen molar-refractivity contribution in [3.8, 4) is 0 Å². The Kier molecular flexibility index (Phi) is 25.8. The second kappa shape index (κ2) is 26.6. The third-order valence-corrected chi connectivity index (χ3v) is 5.88. The average molecular weight is 554 g/mol. The fraction of sp³-hybridized carbons (Fsp3) is 0.923. The number of carbonyl (C=O) groups excluding carboxylic acids is 2. The van der Waals surface area contributed by atoms with Gasteiger partial charge in [-0.2, -0.15) is 0 Å². The lowest BCUT2D eigenvalue weighted by molar-refractivity contribution is -0.0438. The lowest BCUT2D eigenvalue weighted by atomic mass is 10.0. The zero-order chi connectivity index (χ0) is 25.1. The summed E-state index contributed by atoms with van der Waals surface area (Å²) in [6, 6.07) is 0. The van der Waals surface area contributed by atoms with Crippen LogP contribution in [0.4, 0.5) is 9.59 Å². The molecule has 202 valence electrons. The Hall–Kier alpha value is -1.02. The van der Waals surface area contributed by atoms with Crippen molar-refractivity contribution in [3.63, 3.8) is 0 Å². The van der Waals surface area contributed by atoms with Crippen LogP contribution in [0.2, 0.25) is 0 Å². The molecule has 0 spiro atoms. The van der Waals surface area contributed by atoms with Crippen molar-refractivity contribution in [2.24, 2.45) is 0 Å². The maximum atomic E-state index is 11.4. The van der Waals surface area contributed by atoms with Crippen LogP contribution in [0, 0.1) is 0 Å². The topological polar surface area (TPSA) is 80.3 Å². The first-order valence-electron chi connectivity index (χ1n) is 13.3. The molecule has 0 aromatic heterocycles. The minimum atomic E-state index is -0.839. The van der Waals surface area contributed by atoms with Gasteiger partial charge >= 0.3 is 12.3 Å². The number of ether oxygens (including phenoxy) is 5. The van der Waals surface area contributed by atoms with E-state index in [2.05, 4.69) is 27.6 Å². The molecule has 0 aliphatic carbocycles. The van der Waals surface area contributed by atoms with Crippen LogP contribution in [0.3, 0.4) is 0 Å². The third kappa shape index (κ3) is 24.1. The highest BCUT2D eigenvalue weighted by Gasteiger charge is 2.18. The van der Waals surface area contributed by atoms with Gasteiger partial charge in [0, 0.05) is 11.9 Å². The molecule has 0 fully saturated rings. The Morgan fingerprint density at radius 2 is 1.15 bits per heavy atom. The molecule has 0 saturated heterocycles. The van der Waals surface area contributed by atoms with Gasteiger partial charge in [0.05, 0.1) is 13.7 Å². The Labute approximate surface area is 216 Å². The summed E-state index contributed by atoms with van der Waals surface area (Å²) in [6.45, 7) is 3.05. The first kappa shape index (κ1) is 33.0. The van der Waals surface area contributed by atoms with E-state index < -0.39 is 18.4 Å². The van der Waals surface area contributed by atoms with E-state index in [1.807, 2.05) is 0 Å². The number of hydrogen-bond donors (Lipinski definition) is 0. The van der Waals surface area contributed by atoms with Crippen LogP contribution in [-0.4, -0.2) is 57.3 Å². The van der Waals surface area contributed by atoms with E-state index in [1.165, 1.54) is 97.0 Å². The summed E-state index contributed by atoms with van der Waals surface area (Å²) in [4.78, 5) is 22.8. The van der Waals surface area contributed by atoms with E-state index in [0.717, 1.165) is 12.8 Å². The van der Waals surface area contributed by atoms with Crippen molar-refractivity contribution in [1.29, 1.82) is 0 Å². The summed E-state index contributed by atoms with van der Waals surface area (Å²) in [7, 11) is 1.22. The van der Waals surface area contributed by atoms with Gasteiger partial charge in [-0.1, -0.05) is 119 Å². The normalized spacial score (nSPS) is 11.7. The molecule has 0 aliphatic heterocycles. The molecular weight excluding hydrogens is 504 g/mol. The van der Waals surface area contributed by atoms with Gasteiger partial charge in [0.1, 0.15) is 13.2 Å². The van der Waals surface area contributed by atoms with Crippen LogP contribution in [0.15, 0.2) is 0 Å². The summed E-state index contributed by atoms with van der Waals surface area (Å²) in [5.41, 5.74) is 0. The van der Waals surface area contributed by atoms with Gasteiger partial charge in [-0.3, -0.25) is 0 Å². The lowest BCUT2D eigenvalue weighted by Gasteiger charge is -2.17. The number of unbranched alkanes of at least 4 members (excludes halogenated alkanes) is 15. The summed E-state index contributed by atoms with van der Waals surface area (Å²) in [5, 5.41) is 0.520. The Bertz CT molecular complexity index is 462. The highest BCUT2D eigenvalue weighted by molar-refractivity contribution is 9.09. The number of alkyl halides is 1. The van der Waals surface area contributed by atoms with Gasteiger partial charge in [0.2, 0.25) is 0 Å². The molecule has 0 radical (unpaired) electrons. The predicted molar refractivity (Wildman–Crippen MR) is 139 cm³/mol. The van der Waals surface area contributed by atoms with Crippen molar-refractivity contribution >= 4 is 28.2 Å². The maximum absolute atomic E-state index is 11.4. The third-order valence-electron chi connectivity index (χ3n) is 5.56. The molecule has 0 bridgehead atoms. The van der Waals surface area contributed by atoms with Crippen LogP contribution in [0.5, 0.6) is 0 Å². The molecule has 0 heterocycles. The van der Waals surface area contributed by atoms with E-state index in [4.69, 9.17) is 18.9 Å². The standard InChI is InChI=1S/C26H49BrO7/c1-3-4-5-6-7-8-9-10-11-12-13-14-15-16-17-18-20-31-22-24(34-25(28)30-2)23-33-26(29)32-21-19-27/h24H,3-23H2,1-2H3/t24-/m1/s1. The SMILES string of the molecule is CCCCCCCCCCCCCCCCCCOC[C@H](COC(=O)OCCBr)OC(=O)OC. The molecule has 0 rings (SSSR count). The van der Waals surface area contributed by atoms with Gasteiger partial charge in [-0.05, 0) is 6.42 Å². The Morgan fingerprint density at radius 3 is 1.62 bits per heavy atom. The monoisotopic (exact) mass is 552 g/mol.